The zero-order valence-electron chi connectivity index (χ0n) is 23.7. The number of benzene rings is 2. The summed E-state index contributed by atoms with van der Waals surface area (Å²) in [6.07, 6.45) is 20.5. The Morgan fingerprint density at radius 3 is 1.71 bits per heavy atom. The van der Waals surface area contributed by atoms with E-state index in [9.17, 15) is 9.90 Å². The van der Waals surface area contributed by atoms with Gasteiger partial charge in [0.15, 0.2) is 0 Å². The molecule has 2 rings (SSSR count). The van der Waals surface area contributed by atoms with E-state index in [1.165, 1.54) is 77.0 Å². The predicted molar refractivity (Wildman–Crippen MR) is 157 cm³/mol. The molecule has 0 atom stereocenters. The minimum atomic E-state index is 0.224. The molecular weight excluding hydrogens is 474 g/mol. The second kappa shape index (κ2) is 21.3. The van der Waals surface area contributed by atoms with Gasteiger partial charge in [-0.25, -0.2) is 0 Å². The summed E-state index contributed by atoms with van der Waals surface area (Å²) in [6.45, 7) is 3.83. The summed E-state index contributed by atoms with van der Waals surface area (Å²) in [7, 11) is 0. The molecule has 2 N–H and O–H groups in total. The first kappa shape index (κ1) is 31.5. The van der Waals surface area contributed by atoms with E-state index in [2.05, 4.69) is 12.2 Å². The van der Waals surface area contributed by atoms with Gasteiger partial charge >= 0.3 is 0 Å². The largest absolute Gasteiger partial charge is 0.508 e. The molecule has 0 bridgehead atoms. The molecule has 0 heterocycles. The Morgan fingerprint density at radius 1 is 0.632 bits per heavy atom. The van der Waals surface area contributed by atoms with E-state index in [1.807, 2.05) is 24.3 Å². The zero-order chi connectivity index (χ0) is 27.1. The molecule has 1 amide bonds. The van der Waals surface area contributed by atoms with Gasteiger partial charge in [0.25, 0.3) is 0 Å². The van der Waals surface area contributed by atoms with Crippen LogP contribution in [0.4, 0.5) is 0 Å². The van der Waals surface area contributed by atoms with E-state index in [1.54, 1.807) is 24.3 Å². The van der Waals surface area contributed by atoms with E-state index in [0.717, 1.165) is 50.3 Å². The van der Waals surface area contributed by atoms with Crippen LogP contribution in [-0.2, 0) is 4.79 Å². The van der Waals surface area contributed by atoms with Crippen LogP contribution < -0.4 is 14.8 Å². The Hall–Kier alpha value is -2.69. The van der Waals surface area contributed by atoms with Crippen LogP contribution in [-0.4, -0.2) is 24.2 Å². The molecule has 0 aliphatic heterocycles. The number of amides is 1. The summed E-state index contributed by atoms with van der Waals surface area (Å²) in [5.74, 6) is 2.73. The lowest BCUT2D eigenvalue weighted by atomic mass is 10.1. The number of phenolic OH excluding ortho intramolecular Hbond substituents is 1. The first-order valence-electron chi connectivity index (χ1n) is 15.1. The molecule has 38 heavy (non-hydrogen) atoms. The zero-order valence-corrected chi connectivity index (χ0v) is 23.7. The first-order valence-corrected chi connectivity index (χ1v) is 15.1. The van der Waals surface area contributed by atoms with E-state index in [0.29, 0.717) is 12.2 Å². The maximum Gasteiger partial charge on any atom is 0.219 e. The van der Waals surface area contributed by atoms with Crippen molar-refractivity contribution in [3.05, 3.63) is 48.5 Å². The third-order valence-electron chi connectivity index (χ3n) is 6.82. The Labute approximate surface area is 231 Å². The van der Waals surface area contributed by atoms with Crippen LogP contribution >= 0.6 is 0 Å². The minimum Gasteiger partial charge on any atom is -0.508 e. The highest BCUT2D eigenvalue weighted by atomic mass is 16.5. The van der Waals surface area contributed by atoms with Crippen LogP contribution in [0.25, 0.3) is 0 Å². The van der Waals surface area contributed by atoms with E-state index in [-0.39, 0.29) is 11.7 Å². The van der Waals surface area contributed by atoms with Gasteiger partial charge < -0.3 is 19.9 Å². The minimum absolute atomic E-state index is 0.224. The van der Waals surface area contributed by atoms with Crippen molar-refractivity contribution in [3.8, 4) is 23.0 Å². The number of ether oxygens (including phenoxy) is 2. The molecule has 5 heteroatoms. The molecule has 2 aromatic rings. The topological polar surface area (TPSA) is 67.8 Å². The molecule has 0 aromatic heterocycles. The van der Waals surface area contributed by atoms with Crippen LogP contribution in [0.15, 0.2) is 48.5 Å². The van der Waals surface area contributed by atoms with E-state index in [4.69, 9.17) is 9.47 Å². The molecule has 2 aromatic carbocycles. The Bertz CT molecular complexity index is 835. The number of phenols is 1. The fourth-order valence-electron chi connectivity index (χ4n) is 4.47. The standard InChI is InChI=1S/C33H51NO4/c1-2-3-4-5-6-10-13-16-27-34-33(36)18-15-12-9-7-8-11-14-17-28-37-30-23-25-32(26-24-30)38-31-21-19-29(35)20-22-31/h19-26,35H,2-18,27-28H2,1H3,(H,34,36). The lowest BCUT2D eigenvalue weighted by Crippen LogP contribution is -2.23. The van der Waals surface area contributed by atoms with Gasteiger partial charge in [0.2, 0.25) is 5.91 Å². The number of rotatable bonds is 23. The molecule has 5 nitrogen and oxygen atoms in total. The van der Waals surface area contributed by atoms with Crippen LogP contribution in [0.2, 0.25) is 0 Å². The fraction of sp³-hybridized carbons (Fsp3) is 0.606. The number of hydrogen-bond donors (Lipinski definition) is 2. The molecule has 0 aliphatic carbocycles. The molecule has 0 spiro atoms. The predicted octanol–water partition coefficient (Wildman–Crippen LogP) is 9.33. The van der Waals surface area contributed by atoms with Crippen molar-refractivity contribution in [2.24, 2.45) is 0 Å². The van der Waals surface area contributed by atoms with Gasteiger partial charge in [-0.1, -0.05) is 90.4 Å². The maximum atomic E-state index is 12.0. The van der Waals surface area contributed by atoms with Crippen molar-refractivity contribution < 1.29 is 19.4 Å². The summed E-state index contributed by atoms with van der Waals surface area (Å²) in [4.78, 5) is 12.0. The Kier molecular flexibility index (Phi) is 17.6. The van der Waals surface area contributed by atoms with Crippen molar-refractivity contribution in [1.82, 2.24) is 5.32 Å². The highest BCUT2D eigenvalue weighted by molar-refractivity contribution is 5.75. The highest BCUT2D eigenvalue weighted by Gasteiger charge is 2.02. The quantitative estimate of drug-likeness (QED) is 0.142. The van der Waals surface area contributed by atoms with Gasteiger partial charge in [-0.15, -0.1) is 0 Å². The lowest BCUT2D eigenvalue weighted by Gasteiger charge is -2.09. The van der Waals surface area contributed by atoms with Crippen molar-refractivity contribution in [1.29, 1.82) is 0 Å². The fourth-order valence-corrected chi connectivity index (χ4v) is 4.47. The smallest absolute Gasteiger partial charge is 0.219 e. The Morgan fingerprint density at radius 2 is 1.11 bits per heavy atom. The molecule has 0 unspecified atom stereocenters. The van der Waals surface area contributed by atoms with Crippen molar-refractivity contribution in [2.75, 3.05) is 13.2 Å². The van der Waals surface area contributed by atoms with Crippen molar-refractivity contribution >= 4 is 5.91 Å². The van der Waals surface area contributed by atoms with Gasteiger partial charge in [-0.3, -0.25) is 4.79 Å². The molecule has 0 saturated carbocycles. The number of unbranched alkanes of at least 4 members (excludes halogenated alkanes) is 14. The molecule has 212 valence electrons. The second-order valence-electron chi connectivity index (χ2n) is 10.3. The molecular formula is C33H51NO4. The van der Waals surface area contributed by atoms with Crippen LogP contribution in [0, 0.1) is 0 Å². The summed E-state index contributed by atoms with van der Waals surface area (Å²) in [5, 5.41) is 12.4. The number of carbonyl (C=O) groups excluding carboxylic acids is 1. The van der Waals surface area contributed by atoms with E-state index >= 15 is 0 Å². The number of hydrogen-bond acceptors (Lipinski definition) is 4. The SMILES string of the molecule is CCCCCCCCCCNC(=O)CCCCCCCCCCOc1ccc(Oc2ccc(O)cc2)cc1. The van der Waals surface area contributed by atoms with E-state index < -0.39 is 0 Å². The second-order valence-corrected chi connectivity index (χ2v) is 10.3. The van der Waals surface area contributed by atoms with Gasteiger partial charge in [0.1, 0.15) is 23.0 Å². The summed E-state index contributed by atoms with van der Waals surface area (Å²) >= 11 is 0. The monoisotopic (exact) mass is 525 g/mol. The average Bonchev–Trinajstić information content (AvgIpc) is 2.93. The summed E-state index contributed by atoms with van der Waals surface area (Å²) in [5.41, 5.74) is 0. The molecule has 0 radical (unpaired) electrons. The lowest BCUT2D eigenvalue weighted by molar-refractivity contribution is -0.121. The van der Waals surface area contributed by atoms with Crippen molar-refractivity contribution in [2.45, 2.75) is 116 Å². The van der Waals surface area contributed by atoms with Gasteiger partial charge in [-0.05, 0) is 67.8 Å². The number of nitrogens with one attached hydrogen (secondary N) is 1. The van der Waals surface area contributed by atoms with Crippen LogP contribution in [0.5, 0.6) is 23.0 Å². The third kappa shape index (κ3) is 16.2. The van der Waals surface area contributed by atoms with Gasteiger partial charge in [0.05, 0.1) is 6.61 Å². The normalized spacial score (nSPS) is 10.9. The molecule has 0 saturated heterocycles. The van der Waals surface area contributed by atoms with Gasteiger partial charge in [0, 0.05) is 13.0 Å². The molecule has 0 fully saturated rings. The maximum absolute atomic E-state index is 12.0. The average molecular weight is 526 g/mol. The van der Waals surface area contributed by atoms with Gasteiger partial charge in [-0.2, -0.15) is 0 Å². The number of aromatic hydroxyl groups is 1. The number of carbonyl (C=O) groups is 1. The molecule has 0 aliphatic rings. The highest BCUT2D eigenvalue weighted by Crippen LogP contribution is 2.25. The third-order valence-corrected chi connectivity index (χ3v) is 6.82. The first-order chi connectivity index (χ1) is 18.7. The van der Waals surface area contributed by atoms with Crippen LogP contribution in [0.1, 0.15) is 116 Å². The summed E-state index contributed by atoms with van der Waals surface area (Å²) < 4.78 is 11.6. The summed E-state index contributed by atoms with van der Waals surface area (Å²) in [6, 6.07) is 14.3. The Balaban J connectivity index is 1.34. The van der Waals surface area contributed by atoms with Crippen molar-refractivity contribution in [3.63, 3.8) is 0 Å². The van der Waals surface area contributed by atoms with Crippen LogP contribution in [0.3, 0.4) is 0 Å².